The Balaban J connectivity index is 1.68. The van der Waals surface area contributed by atoms with Crippen LogP contribution >= 0.6 is 0 Å². The normalized spacial score (nSPS) is 18.4. The highest BCUT2D eigenvalue weighted by atomic mass is 32.2. The molecule has 1 atom stereocenters. The van der Waals surface area contributed by atoms with Crippen molar-refractivity contribution in [2.45, 2.75) is 32.4 Å². The number of imidazole rings is 1. The zero-order chi connectivity index (χ0) is 18.0. The second-order valence-corrected chi connectivity index (χ2v) is 8.05. The highest BCUT2D eigenvalue weighted by Crippen LogP contribution is 2.20. The molecule has 1 amide bonds. The summed E-state index contributed by atoms with van der Waals surface area (Å²) in [5, 5.41) is 2.83. The first kappa shape index (κ1) is 17.6. The van der Waals surface area contributed by atoms with Crippen LogP contribution in [0.15, 0.2) is 30.7 Å². The number of sulfonamides is 1. The maximum atomic E-state index is 12.4. The van der Waals surface area contributed by atoms with E-state index in [9.17, 15) is 13.2 Å². The average molecular weight is 363 g/mol. The van der Waals surface area contributed by atoms with Crippen LogP contribution < -0.4 is 5.32 Å². The molecular formula is C16H21N5O3S. The smallest absolute Gasteiger partial charge is 0.238 e. The molecule has 0 aromatic carbocycles. The number of carbonyl (C=O) groups is 1. The molecule has 1 aliphatic heterocycles. The summed E-state index contributed by atoms with van der Waals surface area (Å²) in [5.74, 6) is 1.28. The molecule has 0 unspecified atom stereocenters. The summed E-state index contributed by atoms with van der Waals surface area (Å²) in [7, 11) is -3.37. The lowest BCUT2D eigenvalue weighted by atomic mass is 10.2. The quantitative estimate of drug-likeness (QED) is 0.840. The third kappa shape index (κ3) is 3.88. The van der Waals surface area contributed by atoms with Crippen LogP contribution in [0.2, 0.25) is 0 Å². The van der Waals surface area contributed by atoms with E-state index in [4.69, 9.17) is 0 Å². The Labute approximate surface area is 146 Å². The molecule has 134 valence electrons. The molecule has 3 rings (SSSR count). The number of amides is 1. The van der Waals surface area contributed by atoms with Gasteiger partial charge in [-0.1, -0.05) is 0 Å². The van der Waals surface area contributed by atoms with E-state index in [0.717, 1.165) is 23.5 Å². The van der Waals surface area contributed by atoms with Crippen LogP contribution in [0.4, 0.5) is 0 Å². The van der Waals surface area contributed by atoms with Crippen LogP contribution in [-0.4, -0.2) is 52.0 Å². The number of hydrogen-bond donors (Lipinski definition) is 1. The second kappa shape index (κ2) is 6.93. The zero-order valence-electron chi connectivity index (χ0n) is 14.2. The highest BCUT2D eigenvalue weighted by Gasteiger charge is 2.36. The van der Waals surface area contributed by atoms with Gasteiger partial charge in [0, 0.05) is 31.7 Å². The number of aromatic nitrogens is 3. The summed E-state index contributed by atoms with van der Waals surface area (Å²) in [6, 6.07) is 3.07. The number of aryl methyl sites for hydroxylation is 1. The lowest BCUT2D eigenvalue weighted by Gasteiger charge is -2.21. The fourth-order valence-electron chi connectivity index (χ4n) is 3.03. The molecule has 2 aromatic rings. The monoisotopic (exact) mass is 363 g/mol. The molecule has 0 radical (unpaired) electrons. The molecule has 9 heteroatoms. The van der Waals surface area contributed by atoms with Gasteiger partial charge in [0.15, 0.2) is 0 Å². The Morgan fingerprint density at radius 1 is 1.36 bits per heavy atom. The molecule has 0 saturated carbocycles. The Morgan fingerprint density at radius 2 is 2.16 bits per heavy atom. The van der Waals surface area contributed by atoms with Crippen molar-refractivity contribution >= 4 is 15.9 Å². The summed E-state index contributed by atoms with van der Waals surface area (Å²) >= 11 is 0. The van der Waals surface area contributed by atoms with Gasteiger partial charge < -0.3 is 5.32 Å². The predicted molar refractivity (Wildman–Crippen MR) is 92.5 cm³/mol. The van der Waals surface area contributed by atoms with E-state index in [-0.39, 0.29) is 5.91 Å². The summed E-state index contributed by atoms with van der Waals surface area (Å²) in [5.41, 5.74) is 0.885. The molecule has 8 nitrogen and oxygen atoms in total. The van der Waals surface area contributed by atoms with Crippen molar-refractivity contribution in [1.29, 1.82) is 0 Å². The molecule has 1 aliphatic rings. The van der Waals surface area contributed by atoms with E-state index in [2.05, 4.69) is 15.3 Å². The fourth-order valence-corrected chi connectivity index (χ4v) is 4.15. The van der Waals surface area contributed by atoms with E-state index >= 15 is 0 Å². The second-order valence-electron chi connectivity index (χ2n) is 6.12. The SMILES string of the molecule is Cc1nccn1-c1cc(CNC(=O)[C@H]2CCCN2S(C)(=O)=O)ccn1. The maximum absolute atomic E-state index is 12.4. The first-order valence-electron chi connectivity index (χ1n) is 8.06. The zero-order valence-corrected chi connectivity index (χ0v) is 15.0. The number of rotatable bonds is 5. The summed E-state index contributed by atoms with van der Waals surface area (Å²) in [6.45, 7) is 2.60. The van der Waals surface area contributed by atoms with Crippen LogP contribution in [0.3, 0.4) is 0 Å². The lowest BCUT2D eigenvalue weighted by Crippen LogP contribution is -2.45. The molecule has 0 spiro atoms. The molecule has 25 heavy (non-hydrogen) atoms. The molecule has 1 fully saturated rings. The Kier molecular flexibility index (Phi) is 4.87. The summed E-state index contributed by atoms with van der Waals surface area (Å²) in [6.07, 6.45) is 7.59. The number of hydrogen-bond acceptors (Lipinski definition) is 5. The van der Waals surface area contributed by atoms with Crippen molar-refractivity contribution in [1.82, 2.24) is 24.2 Å². The molecule has 2 aromatic heterocycles. The van der Waals surface area contributed by atoms with Gasteiger partial charge in [-0.05, 0) is 37.5 Å². The molecule has 0 bridgehead atoms. The van der Waals surface area contributed by atoms with Crippen molar-refractivity contribution in [3.8, 4) is 5.82 Å². The lowest BCUT2D eigenvalue weighted by molar-refractivity contribution is -0.124. The third-order valence-electron chi connectivity index (χ3n) is 4.28. The van der Waals surface area contributed by atoms with Crippen molar-refractivity contribution in [2.75, 3.05) is 12.8 Å². The molecular weight excluding hydrogens is 342 g/mol. The third-order valence-corrected chi connectivity index (χ3v) is 5.57. The number of carbonyl (C=O) groups excluding carboxylic acids is 1. The van der Waals surface area contributed by atoms with Gasteiger partial charge in [0.25, 0.3) is 0 Å². The van der Waals surface area contributed by atoms with E-state index in [1.165, 1.54) is 4.31 Å². The van der Waals surface area contributed by atoms with Gasteiger partial charge in [0.2, 0.25) is 15.9 Å². The Morgan fingerprint density at radius 3 is 2.84 bits per heavy atom. The summed E-state index contributed by atoms with van der Waals surface area (Å²) in [4.78, 5) is 20.9. The standard InChI is InChI=1S/C16H21N5O3S/c1-12-17-7-9-20(12)15-10-13(5-6-18-15)11-19-16(22)14-4-3-8-21(14)25(2,23)24/h5-7,9-10,14H,3-4,8,11H2,1-2H3,(H,19,22)/t14-/m1/s1. The number of nitrogens with zero attached hydrogens (tertiary/aromatic N) is 4. The van der Waals surface area contributed by atoms with E-state index < -0.39 is 16.1 Å². The van der Waals surface area contributed by atoms with Crippen molar-refractivity contribution < 1.29 is 13.2 Å². The van der Waals surface area contributed by atoms with Crippen LogP contribution in [0.5, 0.6) is 0 Å². The maximum Gasteiger partial charge on any atom is 0.238 e. The van der Waals surface area contributed by atoms with Gasteiger partial charge in [0.05, 0.1) is 6.26 Å². The number of pyridine rings is 1. The molecule has 1 N–H and O–H groups in total. The van der Waals surface area contributed by atoms with Crippen molar-refractivity contribution in [3.63, 3.8) is 0 Å². The fraction of sp³-hybridized carbons (Fsp3) is 0.438. The van der Waals surface area contributed by atoms with Crippen LogP contribution in [-0.2, 0) is 21.4 Å². The minimum atomic E-state index is -3.37. The van der Waals surface area contributed by atoms with Gasteiger partial charge >= 0.3 is 0 Å². The van der Waals surface area contributed by atoms with Crippen LogP contribution in [0.25, 0.3) is 5.82 Å². The van der Waals surface area contributed by atoms with Crippen LogP contribution in [0.1, 0.15) is 24.2 Å². The van der Waals surface area contributed by atoms with Crippen molar-refractivity contribution in [3.05, 3.63) is 42.1 Å². The van der Waals surface area contributed by atoms with E-state index in [1.807, 2.05) is 29.8 Å². The summed E-state index contributed by atoms with van der Waals surface area (Å²) < 4.78 is 26.6. The number of nitrogens with one attached hydrogen (secondary N) is 1. The highest BCUT2D eigenvalue weighted by molar-refractivity contribution is 7.88. The largest absolute Gasteiger partial charge is 0.351 e. The predicted octanol–water partition coefficient (Wildman–Crippen LogP) is 0.616. The van der Waals surface area contributed by atoms with Gasteiger partial charge in [-0.25, -0.2) is 18.4 Å². The van der Waals surface area contributed by atoms with Gasteiger partial charge in [-0.2, -0.15) is 4.31 Å². The van der Waals surface area contributed by atoms with E-state index in [0.29, 0.717) is 25.9 Å². The molecule has 0 aliphatic carbocycles. The average Bonchev–Trinajstić information content (AvgIpc) is 3.21. The van der Waals surface area contributed by atoms with Crippen LogP contribution in [0, 0.1) is 6.92 Å². The minimum Gasteiger partial charge on any atom is -0.351 e. The van der Waals surface area contributed by atoms with Gasteiger partial charge in [-0.15, -0.1) is 0 Å². The molecule has 3 heterocycles. The van der Waals surface area contributed by atoms with Gasteiger partial charge in [-0.3, -0.25) is 9.36 Å². The Hall–Kier alpha value is -2.26. The van der Waals surface area contributed by atoms with Crippen molar-refractivity contribution in [2.24, 2.45) is 0 Å². The minimum absolute atomic E-state index is 0.264. The topological polar surface area (TPSA) is 97.2 Å². The van der Waals surface area contributed by atoms with Gasteiger partial charge in [0.1, 0.15) is 17.7 Å². The Bertz CT molecular complexity index is 877. The first-order valence-corrected chi connectivity index (χ1v) is 9.91. The molecule has 1 saturated heterocycles. The van der Waals surface area contributed by atoms with E-state index in [1.54, 1.807) is 12.4 Å². The first-order chi connectivity index (χ1) is 11.9.